The molecule has 1 unspecified atom stereocenters. The molecule has 4 heterocycles. The third-order valence-electron chi connectivity index (χ3n) is 6.46. The normalized spacial score (nSPS) is 15.8. The van der Waals surface area contributed by atoms with Crippen molar-refractivity contribution in [2.24, 2.45) is 7.05 Å². The molecule has 0 bridgehead atoms. The topological polar surface area (TPSA) is 104 Å². The van der Waals surface area contributed by atoms with Gasteiger partial charge < -0.3 is 24.4 Å². The van der Waals surface area contributed by atoms with E-state index in [1.54, 1.807) is 11.8 Å². The highest BCUT2D eigenvalue weighted by Crippen LogP contribution is 2.37. The van der Waals surface area contributed by atoms with Crippen LogP contribution in [0.15, 0.2) is 36.5 Å². The highest BCUT2D eigenvalue weighted by atomic mass is 16.7. The van der Waals surface area contributed by atoms with Crippen LogP contribution in [0.1, 0.15) is 32.8 Å². The monoisotopic (exact) mass is 518 g/mol. The molecule has 0 spiro atoms. The molecule has 5 rings (SSSR count). The van der Waals surface area contributed by atoms with E-state index >= 15 is 0 Å². The number of carbonyl (C=O) groups is 1. The highest BCUT2D eigenvalue weighted by molar-refractivity contribution is 5.92. The predicted octanol–water partition coefficient (Wildman–Crippen LogP) is 4.58. The quantitative estimate of drug-likeness (QED) is 0.370. The van der Waals surface area contributed by atoms with Gasteiger partial charge in [0.25, 0.3) is 0 Å². The van der Waals surface area contributed by atoms with Crippen LogP contribution in [0.25, 0.3) is 33.2 Å². The van der Waals surface area contributed by atoms with E-state index in [1.165, 1.54) is 0 Å². The molecule has 38 heavy (non-hydrogen) atoms. The molecular formula is C28H34N6O4. The number of pyridine rings is 2. The van der Waals surface area contributed by atoms with Crippen molar-refractivity contribution >= 4 is 33.8 Å². The number of nitrogens with zero attached hydrogens (tertiary/aromatic N) is 5. The Morgan fingerprint density at radius 1 is 1.16 bits per heavy atom. The molecule has 1 fully saturated rings. The number of hydrogen-bond acceptors (Lipinski definition) is 8. The van der Waals surface area contributed by atoms with Gasteiger partial charge in [0.2, 0.25) is 0 Å². The van der Waals surface area contributed by atoms with Gasteiger partial charge >= 0.3 is 6.09 Å². The molecule has 10 heteroatoms. The molecule has 3 aromatic heterocycles. The summed E-state index contributed by atoms with van der Waals surface area (Å²) in [7, 11) is 3.50. The Labute approximate surface area is 221 Å². The van der Waals surface area contributed by atoms with Gasteiger partial charge in [-0.3, -0.25) is 4.68 Å². The molecule has 200 valence electrons. The first-order valence-corrected chi connectivity index (χ1v) is 12.7. The number of alkyl carbamates (subject to hydrolysis) is 1. The summed E-state index contributed by atoms with van der Waals surface area (Å²) in [6.07, 6.45) is 2.43. The van der Waals surface area contributed by atoms with Crippen molar-refractivity contribution in [1.82, 2.24) is 25.1 Å². The molecule has 1 atom stereocenters. The van der Waals surface area contributed by atoms with Crippen LogP contribution in [0.2, 0.25) is 0 Å². The maximum Gasteiger partial charge on any atom is 0.407 e. The van der Waals surface area contributed by atoms with Crippen molar-refractivity contribution in [3.63, 3.8) is 0 Å². The van der Waals surface area contributed by atoms with Gasteiger partial charge in [0.05, 0.1) is 28.3 Å². The van der Waals surface area contributed by atoms with Gasteiger partial charge in [0.15, 0.2) is 6.79 Å². The second-order valence-electron chi connectivity index (χ2n) is 10.7. The number of aryl methyl sites for hydroxylation is 2. The Kier molecular flexibility index (Phi) is 6.83. The summed E-state index contributed by atoms with van der Waals surface area (Å²) in [4.78, 5) is 24.1. The second-order valence-corrected chi connectivity index (χ2v) is 10.7. The molecule has 1 aliphatic rings. The van der Waals surface area contributed by atoms with Crippen molar-refractivity contribution < 1.29 is 19.0 Å². The first-order valence-electron chi connectivity index (χ1n) is 12.7. The van der Waals surface area contributed by atoms with E-state index in [4.69, 9.17) is 24.2 Å². The van der Waals surface area contributed by atoms with Gasteiger partial charge in [0, 0.05) is 50.0 Å². The molecular weight excluding hydrogens is 484 g/mol. The average molecular weight is 519 g/mol. The lowest BCUT2D eigenvalue weighted by Crippen LogP contribution is -2.40. The number of anilines is 1. The summed E-state index contributed by atoms with van der Waals surface area (Å²) >= 11 is 0. The average Bonchev–Trinajstić information content (AvgIpc) is 3.47. The van der Waals surface area contributed by atoms with Crippen LogP contribution in [-0.4, -0.2) is 64.5 Å². The van der Waals surface area contributed by atoms with E-state index in [2.05, 4.69) is 21.4 Å². The van der Waals surface area contributed by atoms with Crippen LogP contribution >= 0.6 is 0 Å². The number of benzene rings is 1. The molecule has 0 radical (unpaired) electrons. The fourth-order valence-electron chi connectivity index (χ4n) is 4.81. The predicted molar refractivity (Wildman–Crippen MR) is 146 cm³/mol. The van der Waals surface area contributed by atoms with Crippen molar-refractivity contribution in [1.29, 1.82) is 0 Å². The summed E-state index contributed by atoms with van der Waals surface area (Å²) in [5.74, 6) is 1.56. The number of nitrogens with one attached hydrogen (secondary N) is 1. The fourth-order valence-corrected chi connectivity index (χ4v) is 4.81. The molecule has 1 amide bonds. The number of rotatable bonds is 6. The van der Waals surface area contributed by atoms with E-state index in [0.29, 0.717) is 12.3 Å². The van der Waals surface area contributed by atoms with Crippen molar-refractivity contribution in [2.45, 2.75) is 45.8 Å². The van der Waals surface area contributed by atoms with E-state index in [1.807, 2.05) is 65.2 Å². The van der Waals surface area contributed by atoms with E-state index in [9.17, 15) is 4.79 Å². The zero-order valence-electron chi connectivity index (χ0n) is 22.7. The van der Waals surface area contributed by atoms with Gasteiger partial charge in [-0.25, -0.2) is 14.8 Å². The van der Waals surface area contributed by atoms with Gasteiger partial charge in [-0.2, -0.15) is 5.10 Å². The minimum Gasteiger partial charge on any atom is -0.466 e. The molecule has 1 aromatic carbocycles. The number of carbonyl (C=O) groups excluding carboxylic acids is 1. The lowest BCUT2D eigenvalue weighted by Gasteiger charge is -2.22. The SMILES string of the molecule is COCOc1c(-c2ccc3nc(N4CCC(NC(=O)OC(C)(C)C)C4)ccc3n2)cc2cn(C)nc2c1C. The minimum atomic E-state index is -0.521. The van der Waals surface area contributed by atoms with Gasteiger partial charge in [0.1, 0.15) is 17.2 Å². The largest absolute Gasteiger partial charge is 0.466 e. The lowest BCUT2D eigenvalue weighted by molar-refractivity contribution is 0.0505. The van der Waals surface area contributed by atoms with Crippen molar-refractivity contribution in [2.75, 3.05) is 31.9 Å². The lowest BCUT2D eigenvalue weighted by atomic mass is 10.0. The summed E-state index contributed by atoms with van der Waals surface area (Å²) in [5, 5.41) is 8.56. The summed E-state index contributed by atoms with van der Waals surface area (Å²) in [6.45, 7) is 9.18. The second kappa shape index (κ2) is 10.1. The van der Waals surface area contributed by atoms with Gasteiger partial charge in [-0.05, 0) is 64.4 Å². The van der Waals surface area contributed by atoms with Crippen LogP contribution in [0.5, 0.6) is 5.75 Å². The zero-order chi connectivity index (χ0) is 27.0. The Bertz CT molecular complexity index is 1490. The van der Waals surface area contributed by atoms with E-state index in [-0.39, 0.29) is 18.9 Å². The van der Waals surface area contributed by atoms with E-state index in [0.717, 1.165) is 57.5 Å². The zero-order valence-corrected chi connectivity index (χ0v) is 22.7. The first-order chi connectivity index (χ1) is 18.1. The third-order valence-corrected chi connectivity index (χ3v) is 6.46. The van der Waals surface area contributed by atoms with Gasteiger partial charge in [-0.15, -0.1) is 0 Å². The number of methoxy groups -OCH3 is 1. The molecule has 4 aromatic rings. The molecule has 1 aliphatic heterocycles. The minimum absolute atomic E-state index is 0.0130. The third kappa shape index (κ3) is 5.35. The van der Waals surface area contributed by atoms with Crippen LogP contribution < -0.4 is 15.0 Å². The maximum absolute atomic E-state index is 12.2. The Balaban J connectivity index is 1.39. The van der Waals surface area contributed by atoms with Crippen molar-refractivity contribution in [3.8, 4) is 17.0 Å². The van der Waals surface area contributed by atoms with Crippen molar-refractivity contribution in [3.05, 3.63) is 42.1 Å². The van der Waals surface area contributed by atoms with Crippen LogP contribution in [-0.2, 0) is 16.5 Å². The molecule has 1 N–H and O–H groups in total. The summed E-state index contributed by atoms with van der Waals surface area (Å²) in [6, 6.07) is 9.98. The maximum atomic E-state index is 12.2. The number of hydrogen-bond donors (Lipinski definition) is 1. The van der Waals surface area contributed by atoms with Crippen LogP contribution in [0, 0.1) is 6.92 Å². The smallest absolute Gasteiger partial charge is 0.407 e. The summed E-state index contributed by atoms with van der Waals surface area (Å²) < 4.78 is 18.4. The fraction of sp³-hybridized carbons (Fsp3) is 0.429. The van der Waals surface area contributed by atoms with Crippen LogP contribution in [0.3, 0.4) is 0 Å². The molecule has 10 nitrogen and oxygen atoms in total. The Morgan fingerprint density at radius 3 is 2.68 bits per heavy atom. The molecule has 1 saturated heterocycles. The number of aromatic nitrogens is 4. The van der Waals surface area contributed by atoms with Crippen LogP contribution in [0.4, 0.5) is 10.6 Å². The Hall–Kier alpha value is -3.92. The number of fused-ring (bicyclic) bond motifs is 2. The number of amides is 1. The Morgan fingerprint density at radius 2 is 1.92 bits per heavy atom. The standard InChI is InChI=1S/C28H34N6O4/c1-17-25-18(14-33(5)32-25)13-20(26(17)37-16-36-6)21-7-8-23-22(30-21)9-10-24(31-23)34-12-11-19(15-34)29-27(35)38-28(2,3)4/h7-10,13-14,19H,11-12,15-16H2,1-6H3,(H,29,35). The first kappa shape index (κ1) is 25.7. The van der Waals surface area contributed by atoms with Gasteiger partial charge in [-0.1, -0.05) is 0 Å². The molecule has 0 aliphatic carbocycles. The number of ether oxygens (including phenoxy) is 3. The van der Waals surface area contributed by atoms with E-state index < -0.39 is 5.60 Å². The highest BCUT2D eigenvalue weighted by Gasteiger charge is 2.27. The molecule has 0 saturated carbocycles. The summed E-state index contributed by atoms with van der Waals surface area (Å²) in [5.41, 5.74) is 4.56.